The molecule has 8 nitrogen and oxygen atoms in total. The van der Waals surface area contributed by atoms with E-state index < -0.39 is 23.8 Å². The number of nitrogens with one attached hydrogen (secondary N) is 1. The number of methoxy groups -OCH3 is 1. The second-order valence-corrected chi connectivity index (χ2v) is 4.25. The third-order valence-electron chi connectivity index (χ3n) is 2.79. The van der Waals surface area contributed by atoms with Crippen LogP contribution in [0.4, 0.5) is 0 Å². The average molecular weight is 291 g/mol. The van der Waals surface area contributed by atoms with Gasteiger partial charge in [-0.2, -0.15) is 5.10 Å². The number of benzene rings is 1. The van der Waals surface area contributed by atoms with E-state index >= 15 is 0 Å². The molecule has 110 valence electrons. The quantitative estimate of drug-likeness (QED) is 0.775. The lowest BCUT2D eigenvalue weighted by atomic mass is 10.1. The summed E-state index contributed by atoms with van der Waals surface area (Å²) in [5, 5.41) is 12.5. The lowest BCUT2D eigenvalue weighted by Gasteiger charge is -2.08. The number of carboxylic acid groups (broad SMARTS) is 1. The molecule has 0 aliphatic heterocycles. The fraction of sp³-hybridized carbons (Fsp3) is 0.231. The van der Waals surface area contributed by atoms with E-state index in [-0.39, 0.29) is 12.1 Å². The standard InChI is InChI=1S/C13H13N3O5/c1-21-10-5-3-2-4-8(10)6-9-12(19)14-13(20)16(15-9)7-11(17)18/h2-5H,6-7H2,1H3,(H,17,18)(H,14,19,20). The lowest BCUT2D eigenvalue weighted by Crippen LogP contribution is -2.36. The number of hydrogen-bond donors (Lipinski definition) is 2. The molecule has 21 heavy (non-hydrogen) atoms. The Morgan fingerprint density at radius 2 is 2.10 bits per heavy atom. The molecule has 0 fully saturated rings. The van der Waals surface area contributed by atoms with Crippen molar-refractivity contribution < 1.29 is 14.6 Å². The van der Waals surface area contributed by atoms with Crippen LogP contribution in [0.25, 0.3) is 0 Å². The maximum atomic E-state index is 11.8. The predicted molar refractivity (Wildman–Crippen MR) is 72.6 cm³/mol. The van der Waals surface area contributed by atoms with Crippen molar-refractivity contribution in [1.29, 1.82) is 0 Å². The molecular weight excluding hydrogens is 278 g/mol. The third kappa shape index (κ3) is 3.35. The first-order valence-corrected chi connectivity index (χ1v) is 6.05. The Labute approximate surface area is 118 Å². The number of aromatic amines is 1. The van der Waals surface area contributed by atoms with Crippen LogP contribution in [-0.2, 0) is 17.8 Å². The fourth-order valence-electron chi connectivity index (χ4n) is 1.85. The number of ether oxygens (including phenoxy) is 1. The largest absolute Gasteiger partial charge is 0.496 e. The van der Waals surface area contributed by atoms with Crippen LogP contribution in [-0.4, -0.2) is 33.0 Å². The zero-order chi connectivity index (χ0) is 15.4. The van der Waals surface area contributed by atoms with Crippen molar-refractivity contribution in [2.75, 3.05) is 7.11 Å². The lowest BCUT2D eigenvalue weighted by molar-refractivity contribution is -0.138. The van der Waals surface area contributed by atoms with Gasteiger partial charge in [-0.25, -0.2) is 9.48 Å². The van der Waals surface area contributed by atoms with Gasteiger partial charge in [0.1, 0.15) is 18.0 Å². The van der Waals surface area contributed by atoms with Crippen LogP contribution in [0.1, 0.15) is 11.3 Å². The molecule has 0 unspecified atom stereocenters. The number of para-hydroxylation sites is 1. The minimum atomic E-state index is -1.22. The van der Waals surface area contributed by atoms with Crippen LogP contribution in [0.2, 0.25) is 0 Å². The highest BCUT2D eigenvalue weighted by Crippen LogP contribution is 2.18. The topological polar surface area (TPSA) is 114 Å². The molecular formula is C13H13N3O5. The molecule has 0 saturated carbocycles. The van der Waals surface area contributed by atoms with Crippen LogP contribution in [0.5, 0.6) is 5.75 Å². The minimum Gasteiger partial charge on any atom is -0.496 e. The zero-order valence-corrected chi connectivity index (χ0v) is 11.2. The monoisotopic (exact) mass is 291 g/mol. The van der Waals surface area contributed by atoms with Gasteiger partial charge in [-0.05, 0) is 6.07 Å². The van der Waals surface area contributed by atoms with Crippen molar-refractivity contribution in [1.82, 2.24) is 14.8 Å². The van der Waals surface area contributed by atoms with Crippen LogP contribution in [0, 0.1) is 0 Å². The van der Waals surface area contributed by atoms with Crippen molar-refractivity contribution in [3.8, 4) is 5.75 Å². The number of rotatable bonds is 5. The van der Waals surface area contributed by atoms with E-state index in [1.165, 1.54) is 7.11 Å². The third-order valence-corrected chi connectivity index (χ3v) is 2.79. The molecule has 0 radical (unpaired) electrons. The summed E-state index contributed by atoms with van der Waals surface area (Å²) in [7, 11) is 1.50. The fourth-order valence-corrected chi connectivity index (χ4v) is 1.85. The van der Waals surface area contributed by atoms with Crippen molar-refractivity contribution in [2.24, 2.45) is 0 Å². The summed E-state index contributed by atoms with van der Waals surface area (Å²) in [6.45, 7) is -0.617. The predicted octanol–water partition coefficient (Wildman–Crippen LogP) is -0.384. The van der Waals surface area contributed by atoms with Crippen LogP contribution >= 0.6 is 0 Å². The van der Waals surface area contributed by atoms with Crippen molar-refractivity contribution in [3.63, 3.8) is 0 Å². The van der Waals surface area contributed by atoms with Gasteiger partial charge in [0.25, 0.3) is 5.56 Å². The molecule has 0 aliphatic rings. The van der Waals surface area contributed by atoms with Gasteiger partial charge in [-0.1, -0.05) is 18.2 Å². The van der Waals surface area contributed by atoms with Gasteiger partial charge in [0.2, 0.25) is 0 Å². The van der Waals surface area contributed by atoms with Gasteiger partial charge >= 0.3 is 11.7 Å². The SMILES string of the molecule is COc1ccccc1Cc1nn(CC(=O)O)c(=O)[nH]c1=O. The molecule has 0 atom stereocenters. The molecule has 0 spiro atoms. The van der Waals surface area contributed by atoms with E-state index in [9.17, 15) is 14.4 Å². The molecule has 2 rings (SSSR count). The summed E-state index contributed by atoms with van der Waals surface area (Å²) in [4.78, 5) is 35.9. The molecule has 1 aromatic heterocycles. The Kier molecular flexibility index (Phi) is 4.17. The summed E-state index contributed by atoms with van der Waals surface area (Å²) in [6, 6.07) is 7.05. The molecule has 1 aromatic carbocycles. The number of aromatic nitrogens is 3. The second-order valence-electron chi connectivity index (χ2n) is 4.25. The highest BCUT2D eigenvalue weighted by Gasteiger charge is 2.12. The smallest absolute Gasteiger partial charge is 0.345 e. The molecule has 0 saturated heterocycles. The highest BCUT2D eigenvalue weighted by atomic mass is 16.5. The Bertz CT molecular complexity index is 778. The molecule has 0 aliphatic carbocycles. The molecule has 0 bridgehead atoms. The maximum absolute atomic E-state index is 11.8. The van der Waals surface area contributed by atoms with Gasteiger partial charge in [-0.15, -0.1) is 0 Å². The highest BCUT2D eigenvalue weighted by molar-refractivity contribution is 5.66. The van der Waals surface area contributed by atoms with E-state index in [2.05, 4.69) is 10.1 Å². The summed E-state index contributed by atoms with van der Waals surface area (Å²) >= 11 is 0. The van der Waals surface area contributed by atoms with E-state index in [4.69, 9.17) is 9.84 Å². The summed E-state index contributed by atoms with van der Waals surface area (Å²) in [5.74, 6) is -0.644. The first-order chi connectivity index (χ1) is 10.0. The second kappa shape index (κ2) is 6.04. The van der Waals surface area contributed by atoms with Crippen LogP contribution < -0.4 is 16.0 Å². The normalized spacial score (nSPS) is 10.3. The minimum absolute atomic E-state index is 0.0420. The summed E-state index contributed by atoms with van der Waals surface area (Å²) in [5.41, 5.74) is -0.752. The van der Waals surface area contributed by atoms with Gasteiger partial charge in [-0.3, -0.25) is 14.6 Å². The summed E-state index contributed by atoms with van der Waals surface area (Å²) in [6.07, 6.45) is 0.124. The summed E-state index contributed by atoms with van der Waals surface area (Å²) < 4.78 is 5.88. The number of H-pyrrole nitrogens is 1. The molecule has 8 heteroatoms. The zero-order valence-electron chi connectivity index (χ0n) is 11.2. The number of hydrogen-bond acceptors (Lipinski definition) is 5. The van der Waals surface area contributed by atoms with Gasteiger partial charge in [0, 0.05) is 12.0 Å². The number of carbonyl (C=O) groups is 1. The molecule has 2 N–H and O–H groups in total. The Hall–Kier alpha value is -2.90. The average Bonchev–Trinajstić information content (AvgIpc) is 2.44. The van der Waals surface area contributed by atoms with Crippen LogP contribution in [0.3, 0.4) is 0 Å². The Balaban J connectivity index is 2.42. The maximum Gasteiger partial charge on any atom is 0.345 e. The number of nitrogens with zero attached hydrogens (tertiary/aromatic N) is 2. The van der Waals surface area contributed by atoms with E-state index in [0.29, 0.717) is 16.0 Å². The van der Waals surface area contributed by atoms with Gasteiger partial charge in [0.15, 0.2) is 0 Å². The van der Waals surface area contributed by atoms with E-state index in [0.717, 1.165) is 0 Å². The van der Waals surface area contributed by atoms with E-state index in [1.807, 2.05) is 0 Å². The molecule has 0 amide bonds. The van der Waals surface area contributed by atoms with E-state index in [1.54, 1.807) is 24.3 Å². The van der Waals surface area contributed by atoms with Crippen LogP contribution in [0.15, 0.2) is 33.9 Å². The van der Waals surface area contributed by atoms with Crippen molar-refractivity contribution >= 4 is 5.97 Å². The van der Waals surface area contributed by atoms with Gasteiger partial charge in [0.05, 0.1) is 7.11 Å². The Morgan fingerprint density at radius 3 is 2.76 bits per heavy atom. The van der Waals surface area contributed by atoms with Crippen molar-refractivity contribution in [3.05, 3.63) is 56.4 Å². The first-order valence-electron chi connectivity index (χ1n) is 6.05. The van der Waals surface area contributed by atoms with Crippen molar-refractivity contribution in [2.45, 2.75) is 13.0 Å². The molecule has 1 heterocycles. The molecule has 2 aromatic rings. The Morgan fingerprint density at radius 1 is 1.38 bits per heavy atom. The first kappa shape index (κ1) is 14.5. The number of aliphatic carboxylic acids is 1. The number of carboxylic acids is 1. The van der Waals surface area contributed by atoms with Gasteiger partial charge < -0.3 is 9.84 Å².